The van der Waals surface area contributed by atoms with Gasteiger partial charge in [-0.25, -0.2) is 4.39 Å². The maximum absolute atomic E-state index is 13.5. The van der Waals surface area contributed by atoms with E-state index in [0.717, 1.165) is 6.42 Å². The fraction of sp³-hybridized carbons (Fsp3) is 0.308. The van der Waals surface area contributed by atoms with Crippen LogP contribution in [0.2, 0.25) is 0 Å². The van der Waals surface area contributed by atoms with Crippen LogP contribution in [0.15, 0.2) is 30.5 Å². The monoisotopic (exact) mass is 261 g/mol. The summed E-state index contributed by atoms with van der Waals surface area (Å²) in [7, 11) is 0. The van der Waals surface area contributed by atoms with E-state index >= 15 is 0 Å². The molecule has 1 aromatic carbocycles. The van der Waals surface area contributed by atoms with E-state index in [0.29, 0.717) is 17.5 Å². The first-order valence-corrected chi connectivity index (χ1v) is 6.17. The van der Waals surface area contributed by atoms with Gasteiger partial charge in [-0.1, -0.05) is 19.1 Å². The predicted molar refractivity (Wildman–Crippen MR) is 72.9 cm³/mol. The second-order valence-corrected chi connectivity index (χ2v) is 4.22. The Hall–Kier alpha value is -2.24. The molecule has 0 fully saturated rings. The smallest absolute Gasteiger partial charge is 0.244 e. The van der Waals surface area contributed by atoms with Gasteiger partial charge < -0.3 is 10.6 Å². The molecule has 100 valence electrons. The van der Waals surface area contributed by atoms with Gasteiger partial charge in [0, 0.05) is 6.04 Å². The van der Waals surface area contributed by atoms with Crippen LogP contribution in [0, 0.1) is 5.82 Å². The molecule has 1 aromatic heterocycles. The van der Waals surface area contributed by atoms with E-state index in [4.69, 9.17) is 0 Å². The SMILES string of the molecule is CCC(C)Nc1nncc(Nc2ccccc2F)n1. The zero-order valence-corrected chi connectivity index (χ0v) is 10.9. The number of para-hydroxylation sites is 1. The van der Waals surface area contributed by atoms with Crippen molar-refractivity contribution in [3.05, 3.63) is 36.3 Å². The molecule has 0 saturated heterocycles. The molecule has 0 aliphatic rings. The minimum Gasteiger partial charge on any atom is -0.350 e. The molecule has 0 saturated carbocycles. The summed E-state index contributed by atoms with van der Waals surface area (Å²) in [6, 6.07) is 6.66. The van der Waals surface area contributed by atoms with Crippen molar-refractivity contribution in [3.8, 4) is 0 Å². The van der Waals surface area contributed by atoms with Crippen molar-refractivity contribution in [3.63, 3.8) is 0 Å². The standard InChI is InChI=1S/C13H16FN5/c1-3-9(2)16-13-18-12(8-15-19-13)17-11-7-5-4-6-10(11)14/h4-9H,3H2,1-2H3,(H2,16,17,18,19). The van der Waals surface area contributed by atoms with E-state index in [1.807, 2.05) is 6.92 Å². The summed E-state index contributed by atoms with van der Waals surface area (Å²) in [4.78, 5) is 4.23. The molecule has 2 aromatic rings. The first kappa shape index (κ1) is 13.2. The first-order valence-electron chi connectivity index (χ1n) is 6.17. The Kier molecular flexibility index (Phi) is 4.22. The third-order valence-electron chi connectivity index (χ3n) is 2.68. The lowest BCUT2D eigenvalue weighted by Crippen LogP contribution is -2.16. The van der Waals surface area contributed by atoms with Gasteiger partial charge in [0.15, 0.2) is 5.82 Å². The molecule has 5 nitrogen and oxygen atoms in total. The topological polar surface area (TPSA) is 62.7 Å². The average Bonchev–Trinajstić information content (AvgIpc) is 2.42. The quantitative estimate of drug-likeness (QED) is 0.866. The van der Waals surface area contributed by atoms with Crippen molar-refractivity contribution < 1.29 is 4.39 Å². The highest BCUT2D eigenvalue weighted by molar-refractivity contribution is 5.56. The molecule has 0 aliphatic heterocycles. The number of hydrogen-bond acceptors (Lipinski definition) is 5. The Bertz CT molecular complexity index is 546. The molecular weight excluding hydrogens is 245 g/mol. The van der Waals surface area contributed by atoms with E-state index in [-0.39, 0.29) is 11.9 Å². The summed E-state index contributed by atoms with van der Waals surface area (Å²) in [5.41, 5.74) is 0.359. The highest BCUT2D eigenvalue weighted by Gasteiger charge is 2.06. The molecule has 6 heteroatoms. The van der Waals surface area contributed by atoms with Crippen molar-refractivity contribution in [2.24, 2.45) is 0 Å². The molecule has 2 N–H and O–H groups in total. The fourth-order valence-electron chi connectivity index (χ4n) is 1.45. The van der Waals surface area contributed by atoms with Gasteiger partial charge in [0.1, 0.15) is 5.82 Å². The van der Waals surface area contributed by atoms with E-state index in [1.165, 1.54) is 12.3 Å². The summed E-state index contributed by atoms with van der Waals surface area (Å²) in [5.74, 6) is 0.541. The van der Waals surface area contributed by atoms with Crippen molar-refractivity contribution in [2.75, 3.05) is 10.6 Å². The Labute approximate surface area is 111 Å². The number of nitrogens with zero attached hydrogens (tertiary/aromatic N) is 3. The molecule has 19 heavy (non-hydrogen) atoms. The summed E-state index contributed by atoms with van der Waals surface area (Å²) < 4.78 is 13.5. The number of halogens is 1. The molecule has 0 spiro atoms. The van der Waals surface area contributed by atoms with Crippen LogP contribution in [0.4, 0.5) is 21.8 Å². The largest absolute Gasteiger partial charge is 0.350 e. The Morgan fingerprint density at radius 2 is 2.11 bits per heavy atom. The summed E-state index contributed by atoms with van der Waals surface area (Å²) >= 11 is 0. The maximum Gasteiger partial charge on any atom is 0.244 e. The van der Waals surface area contributed by atoms with Gasteiger partial charge in [-0.2, -0.15) is 10.1 Å². The van der Waals surface area contributed by atoms with Gasteiger partial charge >= 0.3 is 0 Å². The number of anilines is 3. The summed E-state index contributed by atoms with van der Waals surface area (Å²) in [6.07, 6.45) is 2.41. The normalized spacial score (nSPS) is 11.9. The Morgan fingerprint density at radius 1 is 1.32 bits per heavy atom. The molecular formula is C13H16FN5. The van der Waals surface area contributed by atoms with Crippen LogP contribution in [0.25, 0.3) is 0 Å². The molecule has 0 aliphatic carbocycles. The summed E-state index contributed by atoms with van der Waals surface area (Å²) in [5, 5.41) is 13.7. The maximum atomic E-state index is 13.5. The first-order chi connectivity index (χ1) is 9.19. The van der Waals surface area contributed by atoms with Crippen molar-refractivity contribution in [2.45, 2.75) is 26.3 Å². The van der Waals surface area contributed by atoms with Crippen LogP contribution in [0.5, 0.6) is 0 Å². The van der Waals surface area contributed by atoms with Crippen LogP contribution < -0.4 is 10.6 Å². The van der Waals surface area contributed by atoms with Crippen molar-refractivity contribution in [1.29, 1.82) is 0 Å². The molecule has 1 heterocycles. The van der Waals surface area contributed by atoms with Gasteiger partial charge in [-0.15, -0.1) is 5.10 Å². The second kappa shape index (κ2) is 6.08. The highest BCUT2D eigenvalue weighted by Crippen LogP contribution is 2.17. The lowest BCUT2D eigenvalue weighted by Gasteiger charge is -2.11. The number of hydrogen-bond donors (Lipinski definition) is 2. The van der Waals surface area contributed by atoms with E-state index in [9.17, 15) is 4.39 Å². The van der Waals surface area contributed by atoms with Crippen LogP contribution >= 0.6 is 0 Å². The third kappa shape index (κ3) is 3.61. The van der Waals surface area contributed by atoms with E-state index in [2.05, 4.69) is 32.7 Å². The zero-order valence-electron chi connectivity index (χ0n) is 10.9. The predicted octanol–water partition coefficient (Wildman–Crippen LogP) is 2.96. The van der Waals surface area contributed by atoms with Gasteiger partial charge in [0.2, 0.25) is 5.95 Å². The lowest BCUT2D eigenvalue weighted by atomic mass is 10.3. The van der Waals surface area contributed by atoms with Crippen LogP contribution in [-0.2, 0) is 0 Å². The average molecular weight is 261 g/mol. The highest BCUT2D eigenvalue weighted by atomic mass is 19.1. The van der Waals surface area contributed by atoms with Crippen LogP contribution in [0.3, 0.4) is 0 Å². The second-order valence-electron chi connectivity index (χ2n) is 4.22. The zero-order chi connectivity index (χ0) is 13.7. The van der Waals surface area contributed by atoms with Crippen LogP contribution in [0.1, 0.15) is 20.3 Å². The fourth-order valence-corrected chi connectivity index (χ4v) is 1.45. The molecule has 1 atom stereocenters. The molecule has 2 rings (SSSR count). The minimum absolute atomic E-state index is 0.255. The molecule has 0 radical (unpaired) electrons. The number of nitrogens with one attached hydrogen (secondary N) is 2. The molecule has 0 amide bonds. The Balaban J connectivity index is 2.13. The minimum atomic E-state index is -0.336. The molecule has 1 unspecified atom stereocenters. The van der Waals surface area contributed by atoms with Crippen molar-refractivity contribution >= 4 is 17.5 Å². The lowest BCUT2D eigenvalue weighted by molar-refractivity contribution is 0.631. The number of benzene rings is 1. The van der Waals surface area contributed by atoms with Gasteiger partial charge in [-0.05, 0) is 25.5 Å². The van der Waals surface area contributed by atoms with Gasteiger partial charge in [0.05, 0.1) is 11.9 Å². The third-order valence-corrected chi connectivity index (χ3v) is 2.68. The van der Waals surface area contributed by atoms with Crippen LogP contribution in [-0.4, -0.2) is 21.2 Å². The number of rotatable bonds is 5. The van der Waals surface area contributed by atoms with E-state index in [1.54, 1.807) is 18.2 Å². The molecule has 0 bridgehead atoms. The van der Waals surface area contributed by atoms with Gasteiger partial charge in [0.25, 0.3) is 0 Å². The van der Waals surface area contributed by atoms with Crippen molar-refractivity contribution in [1.82, 2.24) is 15.2 Å². The number of aromatic nitrogens is 3. The Morgan fingerprint density at radius 3 is 2.84 bits per heavy atom. The van der Waals surface area contributed by atoms with E-state index < -0.39 is 0 Å². The summed E-state index contributed by atoms with van der Waals surface area (Å²) in [6.45, 7) is 4.09. The van der Waals surface area contributed by atoms with Gasteiger partial charge in [-0.3, -0.25) is 0 Å².